The molecule has 0 heterocycles. The largest absolute Gasteiger partial charge is 0.375 e. The van der Waals surface area contributed by atoms with Gasteiger partial charge in [0.05, 0.1) is 13.2 Å². The summed E-state index contributed by atoms with van der Waals surface area (Å²) in [6, 6.07) is 9.51. The summed E-state index contributed by atoms with van der Waals surface area (Å²) in [4.78, 5) is 11.8. The molecule has 5 heteroatoms. The van der Waals surface area contributed by atoms with Crippen LogP contribution in [0, 0.1) is 0 Å². The van der Waals surface area contributed by atoms with Crippen LogP contribution in [0.3, 0.4) is 0 Å². The van der Waals surface area contributed by atoms with E-state index in [-0.39, 0.29) is 13.2 Å². The molecule has 0 unspecified atom stereocenters. The topological polar surface area (TPSA) is 29.5 Å². The van der Waals surface area contributed by atoms with E-state index in [1.165, 1.54) is 7.05 Å². The van der Waals surface area contributed by atoms with E-state index < -0.39 is 12.3 Å². The maximum Gasteiger partial charge on any atom is 0.315 e. The zero-order chi connectivity index (χ0) is 12.7. The van der Waals surface area contributed by atoms with Crippen LogP contribution >= 0.6 is 0 Å². The van der Waals surface area contributed by atoms with Gasteiger partial charge in [-0.25, -0.2) is 0 Å². The lowest BCUT2D eigenvalue weighted by molar-refractivity contribution is -0.142. The first-order valence-electron chi connectivity index (χ1n) is 5.26. The molecule has 0 aliphatic heterocycles. The fraction of sp³-hybridized carbons (Fsp3) is 0.417. The van der Waals surface area contributed by atoms with Crippen molar-refractivity contribution >= 4 is 5.91 Å². The fourth-order valence-corrected chi connectivity index (χ4v) is 1.24. The molecule has 1 amide bonds. The number of amides is 1. The number of ether oxygens (including phenoxy) is 1. The highest BCUT2D eigenvalue weighted by molar-refractivity contribution is 5.78. The Balaban J connectivity index is 2.18. The van der Waals surface area contributed by atoms with Crippen molar-refractivity contribution in [1.29, 1.82) is 0 Å². The van der Waals surface area contributed by atoms with Gasteiger partial charge in [0.25, 0.3) is 5.91 Å². The zero-order valence-corrected chi connectivity index (χ0v) is 9.61. The van der Waals surface area contributed by atoms with E-state index in [0.717, 1.165) is 10.5 Å². The molecule has 0 aliphatic carbocycles. The van der Waals surface area contributed by atoms with Crippen LogP contribution in [0.15, 0.2) is 30.3 Å². The first-order valence-corrected chi connectivity index (χ1v) is 5.26. The molecule has 94 valence electrons. The second-order valence-corrected chi connectivity index (χ2v) is 3.60. The van der Waals surface area contributed by atoms with Crippen molar-refractivity contribution in [2.24, 2.45) is 0 Å². The van der Waals surface area contributed by atoms with E-state index in [1.54, 1.807) is 0 Å². The Kier molecular flexibility index (Phi) is 5.56. The maximum absolute atomic E-state index is 12.0. The number of likely N-dealkylation sites (N-methyl/N-ethyl adjacent to an activating group) is 1. The Labute approximate surface area is 99.0 Å². The van der Waals surface area contributed by atoms with Crippen molar-refractivity contribution in [3.63, 3.8) is 0 Å². The van der Waals surface area contributed by atoms with Crippen LogP contribution in [-0.4, -0.2) is 37.4 Å². The summed E-state index contributed by atoms with van der Waals surface area (Å²) >= 11 is 0. The van der Waals surface area contributed by atoms with E-state index in [1.807, 2.05) is 30.3 Å². The first-order chi connectivity index (χ1) is 8.11. The van der Waals surface area contributed by atoms with Crippen molar-refractivity contribution < 1.29 is 18.3 Å². The summed E-state index contributed by atoms with van der Waals surface area (Å²) in [5.74, 6) is -1.17. The van der Waals surface area contributed by atoms with E-state index in [2.05, 4.69) is 0 Å². The SMILES string of the molecule is CN(CCOCc1ccccc1)C(=O)C(F)F. The Morgan fingerprint density at radius 3 is 2.59 bits per heavy atom. The molecule has 0 atom stereocenters. The first kappa shape index (κ1) is 13.6. The average molecular weight is 243 g/mol. The summed E-state index contributed by atoms with van der Waals surface area (Å²) in [5, 5.41) is 0. The van der Waals surface area contributed by atoms with Gasteiger partial charge in [0.15, 0.2) is 0 Å². The monoisotopic (exact) mass is 243 g/mol. The van der Waals surface area contributed by atoms with Gasteiger partial charge in [0, 0.05) is 13.6 Å². The van der Waals surface area contributed by atoms with Crippen molar-refractivity contribution in [1.82, 2.24) is 4.90 Å². The third-order valence-electron chi connectivity index (χ3n) is 2.25. The van der Waals surface area contributed by atoms with Gasteiger partial charge < -0.3 is 9.64 Å². The van der Waals surface area contributed by atoms with Crippen LogP contribution in [0.2, 0.25) is 0 Å². The summed E-state index contributed by atoms with van der Waals surface area (Å²) in [5.41, 5.74) is 1.01. The number of nitrogens with zero attached hydrogens (tertiary/aromatic N) is 1. The van der Waals surface area contributed by atoms with Gasteiger partial charge in [0.2, 0.25) is 0 Å². The summed E-state index contributed by atoms with van der Waals surface area (Å²) < 4.78 is 29.3. The predicted molar refractivity (Wildman–Crippen MR) is 59.7 cm³/mol. The van der Waals surface area contributed by atoms with E-state index in [0.29, 0.717) is 6.61 Å². The van der Waals surface area contributed by atoms with Gasteiger partial charge in [-0.15, -0.1) is 0 Å². The van der Waals surface area contributed by atoms with Crippen molar-refractivity contribution in [3.05, 3.63) is 35.9 Å². The highest BCUT2D eigenvalue weighted by Crippen LogP contribution is 2.01. The molecule has 0 bridgehead atoms. The second kappa shape index (κ2) is 6.96. The van der Waals surface area contributed by atoms with E-state index in [9.17, 15) is 13.6 Å². The summed E-state index contributed by atoms with van der Waals surface area (Å²) in [7, 11) is 1.33. The molecular weight excluding hydrogens is 228 g/mol. The molecule has 3 nitrogen and oxygen atoms in total. The van der Waals surface area contributed by atoms with Gasteiger partial charge in [-0.05, 0) is 5.56 Å². The average Bonchev–Trinajstić information content (AvgIpc) is 2.34. The minimum absolute atomic E-state index is 0.163. The molecule has 0 aliphatic rings. The van der Waals surface area contributed by atoms with Crippen molar-refractivity contribution in [3.8, 4) is 0 Å². The molecular formula is C12H15F2NO2. The Bertz CT molecular complexity index is 344. The highest BCUT2D eigenvalue weighted by atomic mass is 19.3. The summed E-state index contributed by atoms with van der Waals surface area (Å²) in [6.07, 6.45) is -2.95. The standard InChI is InChI=1S/C12H15F2NO2/c1-15(12(16)11(13)14)7-8-17-9-10-5-3-2-4-6-10/h2-6,11H,7-9H2,1H3. The van der Waals surface area contributed by atoms with Gasteiger partial charge in [0.1, 0.15) is 0 Å². The smallest absolute Gasteiger partial charge is 0.315 e. The quantitative estimate of drug-likeness (QED) is 0.714. The molecule has 0 N–H and O–H groups in total. The summed E-state index contributed by atoms with van der Waals surface area (Å²) in [6.45, 7) is 0.817. The van der Waals surface area contributed by atoms with E-state index >= 15 is 0 Å². The number of carbonyl (C=O) groups excluding carboxylic acids is 1. The van der Waals surface area contributed by atoms with Gasteiger partial charge in [-0.3, -0.25) is 4.79 Å². The van der Waals surface area contributed by atoms with Crippen LogP contribution < -0.4 is 0 Å². The normalized spacial score (nSPS) is 10.6. The lowest BCUT2D eigenvalue weighted by Gasteiger charge is -2.16. The van der Waals surface area contributed by atoms with Crippen LogP contribution in [0.1, 0.15) is 5.56 Å². The third kappa shape index (κ3) is 4.91. The second-order valence-electron chi connectivity index (χ2n) is 3.60. The minimum Gasteiger partial charge on any atom is -0.375 e. The molecule has 0 saturated heterocycles. The molecule has 17 heavy (non-hydrogen) atoms. The maximum atomic E-state index is 12.0. The number of hydrogen-bond acceptors (Lipinski definition) is 2. The third-order valence-corrected chi connectivity index (χ3v) is 2.25. The van der Waals surface area contributed by atoms with Crippen molar-refractivity contribution in [2.75, 3.05) is 20.2 Å². The Morgan fingerprint density at radius 1 is 1.35 bits per heavy atom. The molecule has 0 aromatic heterocycles. The van der Waals surface area contributed by atoms with Gasteiger partial charge >= 0.3 is 6.43 Å². The number of halogens is 2. The highest BCUT2D eigenvalue weighted by Gasteiger charge is 2.19. The van der Waals surface area contributed by atoms with E-state index in [4.69, 9.17) is 4.74 Å². The number of alkyl halides is 2. The number of hydrogen-bond donors (Lipinski definition) is 0. The molecule has 1 aromatic carbocycles. The van der Waals surface area contributed by atoms with Crippen LogP contribution in [0.4, 0.5) is 8.78 Å². The lowest BCUT2D eigenvalue weighted by atomic mass is 10.2. The fourth-order valence-electron chi connectivity index (χ4n) is 1.24. The number of carbonyl (C=O) groups is 1. The Hall–Kier alpha value is -1.49. The zero-order valence-electron chi connectivity index (χ0n) is 9.61. The van der Waals surface area contributed by atoms with Gasteiger partial charge in [-0.1, -0.05) is 30.3 Å². The molecule has 0 radical (unpaired) electrons. The van der Waals surface area contributed by atoms with Gasteiger partial charge in [-0.2, -0.15) is 8.78 Å². The van der Waals surface area contributed by atoms with Crippen molar-refractivity contribution in [2.45, 2.75) is 13.0 Å². The minimum atomic E-state index is -2.95. The van der Waals surface area contributed by atoms with Crippen LogP contribution in [0.5, 0.6) is 0 Å². The van der Waals surface area contributed by atoms with Crippen LogP contribution in [0.25, 0.3) is 0 Å². The molecule has 0 saturated carbocycles. The number of benzene rings is 1. The molecule has 1 aromatic rings. The number of rotatable bonds is 6. The predicted octanol–water partition coefficient (Wildman–Crippen LogP) is 1.93. The molecule has 0 spiro atoms. The lowest BCUT2D eigenvalue weighted by Crippen LogP contribution is -2.34. The Morgan fingerprint density at radius 2 is 2.00 bits per heavy atom. The molecule has 0 fully saturated rings. The molecule has 1 rings (SSSR count). The van der Waals surface area contributed by atoms with Crippen LogP contribution in [-0.2, 0) is 16.1 Å².